The summed E-state index contributed by atoms with van der Waals surface area (Å²) in [5, 5.41) is 0. The van der Waals surface area contributed by atoms with E-state index in [4.69, 9.17) is 5.73 Å². The Kier molecular flexibility index (Phi) is 2.50. The third-order valence-corrected chi connectivity index (χ3v) is 2.85. The fourth-order valence-electron chi connectivity index (χ4n) is 1.86. The van der Waals surface area contributed by atoms with Crippen molar-refractivity contribution in [3.63, 3.8) is 0 Å². The number of benzene rings is 1. The molecule has 1 heterocycles. The van der Waals surface area contributed by atoms with Gasteiger partial charge in [-0.1, -0.05) is 0 Å². The summed E-state index contributed by atoms with van der Waals surface area (Å²) in [5.41, 5.74) is 4.78. The number of alkyl halides is 2. The van der Waals surface area contributed by atoms with Crippen LogP contribution in [-0.2, 0) is 15.5 Å². The maximum absolute atomic E-state index is 13.6. The molecule has 0 aliphatic carbocycles. The van der Waals surface area contributed by atoms with Crippen LogP contribution in [0.3, 0.4) is 0 Å². The van der Waals surface area contributed by atoms with Crippen molar-refractivity contribution < 1.29 is 23.1 Å². The lowest BCUT2D eigenvalue weighted by atomic mass is 10.0. The van der Waals surface area contributed by atoms with Crippen LogP contribution < -0.4 is 10.6 Å². The molecule has 2 N–H and O–H groups in total. The highest BCUT2D eigenvalue weighted by Crippen LogP contribution is 2.45. The van der Waals surface area contributed by atoms with E-state index in [1.54, 1.807) is 0 Å². The van der Waals surface area contributed by atoms with Crippen molar-refractivity contribution in [2.45, 2.75) is 5.92 Å². The van der Waals surface area contributed by atoms with E-state index in [0.29, 0.717) is 0 Å². The number of rotatable bonds is 1. The van der Waals surface area contributed by atoms with Gasteiger partial charge in [0.25, 0.3) is 0 Å². The molecule has 0 aromatic heterocycles. The number of nitrogens with zero attached hydrogens (tertiary/aromatic N) is 1. The van der Waals surface area contributed by atoms with Crippen molar-refractivity contribution in [2.24, 2.45) is 0 Å². The third-order valence-electron chi connectivity index (χ3n) is 2.85. The number of carbonyl (C=O) groups is 2. The molecule has 0 saturated carbocycles. The van der Waals surface area contributed by atoms with Crippen LogP contribution in [0, 0.1) is 0 Å². The van der Waals surface area contributed by atoms with Gasteiger partial charge >= 0.3 is 17.8 Å². The second-order valence-corrected chi connectivity index (χ2v) is 3.89. The highest BCUT2D eigenvalue weighted by Gasteiger charge is 2.52. The minimum absolute atomic E-state index is 0.0420. The number of hydrogen-bond acceptors (Lipinski definition) is 4. The van der Waals surface area contributed by atoms with Crippen molar-refractivity contribution in [3.8, 4) is 0 Å². The van der Waals surface area contributed by atoms with E-state index in [9.17, 15) is 18.4 Å². The normalized spacial score (nSPS) is 16.7. The molecule has 0 spiro atoms. The zero-order chi connectivity index (χ0) is 13.7. The Labute approximate surface area is 101 Å². The first-order chi connectivity index (χ1) is 8.30. The molecule has 18 heavy (non-hydrogen) atoms. The first-order valence-electron chi connectivity index (χ1n) is 4.99. The lowest BCUT2D eigenvalue weighted by Crippen LogP contribution is -2.31. The Hall–Kier alpha value is -2.18. The number of amides is 1. The molecule has 0 saturated heterocycles. The van der Waals surface area contributed by atoms with E-state index in [2.05, 4.69) is 4.74 Å². The molecule has 7 heteroatoms. The number of anilines is 2. The first kappa shape index (κ1) is 12.3. The van der Waals surface area contributed by atoms with Crippen LogP contribution in [0.15, 0.2) is 12.1 Å². The van der Waals surface area contributed by atoms with Crippen molar-refractivity contribution in [2.75, 3.05) is 24.8 Å². The molecule has 0 atom stereocenters. The molecular formula is C11H10F2N2O3. The standard InChI is InChI=1S/C11H10F2N2O3/c1-15-8-3-5(9(16)18-2)7(14)4-6(8)11(12,13)10(15)17/h3-4H,14H2,1-2H3. The Morgan fingerprint density at radius 2 is 2.06 bits per heavy atom. The van der Waals surface area contributed by atoms with Gasteiger partial charge in [-0.05, 0) is 12.1 Å². The van der Waals surface area contributed by atoms with Crippen molar-refractivity contribution >= 4 is 23.3 Å². The molecule has 0 unspecified atom stereocenters. The second kappa shape index (κ2) is 3.66. The number of esters is 1. The van der Waals surface area contributed by atoms with Crippen LogP contribution in [-0.4, -0.2) is 26.0 Å². The van der Waals surface area contributed by atoms with E-state index < -0.39 is 23.4 Å². The third kappa shape index (κ3) is 1.43. The van der Waals surface area contributed by atoms with Gasteiger partial charge in [-0.3, -0.25) is 4.79 Å². The topological polar surface area (TPSA) is 72.6 Å². The Balaban J connectivity index is 2.66. The smallest absolute Gasteiger partial charge is 0.352 e. The summed E-state index contributed by atoms with van der Waals surface area (Å²) in [7, 11) is 2.36. The van der Waals surface area contributed by atoms with E-state index >= 15 is 0 Å². The van der Waals surface area contributed by atoms with Gasteiger partial charge in [-0.2, -0.15) is 8.78 Å². The number of likely N-dealkylation sites (N-methyl/N-ethyl adjacent to an activating group) is 1. The van der Waals surface area contributed by atoms with Gasteiger partial charge < -0.3 is 15.4 Å². The summed E-state index contributed by atoms with van der Waals surface area (Å²) < 4.78 is 31.7. The molecule has 0 radical (unpaired) electrons. The number of methoxy groups -OCH3 is 1. The SMILES string of the molecule is COC(=O)c1cc2c(cc1N)C(F)(F)C(=O)N2C. The largest absolute Gasteiger partial charge is 0.465 e. The minimum atomic E-state index is -3.62. The van der Waals surface area contributed by atoms with Crippen LogP contribution in [0.4, 0.5) is 20.2 Å². The summed E-state index contributed by atoms with van der Waals surface area (Å²) >= 11 is 0. The summed E-state index contributed by atoms with van der Waals surface area (Å²) in [6.07, 6.45) is 0. The molecule has 5 nitrogen and oxygen atoms in total. The molecule has 1 amide bonds. The molecule has 0 fully saturated rings. The fourth-order valence-corrected chi connectivity index (χ4v) is 1.86. The number of ether oxygens (including phenoxy) is 1. The molecular weight excluding hydrogens is 246 g/mol. The van der Waals surface area contributed by atoms with Gasteiger partial charge in [-0.15, -0.1) is 0 Å². The molecule has 1 aliphatic rings. The Morgan fingerprint density at radius 1 is 1.44 bits per heavy atom. The summed E-state index contributed by atoms with van der Waals surface area (Å²) in [5.74, 6) is -5.71. The first-order valence-corrected chi connectivity index (χ1v) is 4.99. The Bertz CT molecular complexity index is 557. The van der Waals surface area contributed by atoms with Gasteiger partial charge in [0, 0.05) is 12.7 Å². The van der Waals surface area contributed by atoms with E-state index in [1.165, 1.54) is 7.05 Å². The molecule has 1 aromatic rings. The van der Waals surface area contributed by atoms with Crippen molar-refractivity contribution in [1.82, 2.24) is 0 Å². The zero-order valence-corrected chi connectivity index (χ0v) is 9.66. The number of nitrogen functional groups attached to an aromatic ring is 1. The molecule has 0 bridgehead atoms. The summed E-state index contributed by atoms with van der Waals surface area (Å²) in [6, 6.07) is 2.07. The van der Waals surface area contributed by atoms with Crippen LogP contribution in [0.25, 0.3) is 0 Å². The van der Waals surface area contributed by atoms with Gasteiger partial charge in [0.15, 0.2) is 0 Å². The van der Waals surface area contributed by atoms with Crippen molar-refractivity contribution in [3.05, 3.63) is 23.3 Å². The number of carbonyl (C=O) groups excluding carboxylic acids is 2. The lowest BCUT2D eigenvalue weighted by Gasteiger charge is -2.11. The average Bonchev–Trinajstić information content (AvgIpc) is 2.49. The van der Waals surface area contributed by atoms with Gasteiger partial charge in [0.05, 0.1) is 23.9 Å². The highest BCUT2D eigenvalue weighted by molar-refractivity contribution is 6.08. The monoisotopic (exact) mass is 256 g/mol. The minimum Gasteiger partial charge on any atom is -0.465 e. The van der Waals surface area contributed by atoms with Crippen LogP contribution in [0.1, 0.15) is 15.9 Å². The van der Waals surface area contributed by atoms with Gasteiger partial charge in [-0.25, -0.2) is 4.79 Å². The van der Waals surface area contributed by atoms with Crippen molar-refractivity contribution in [1.29, 1.82) is 0 Å². The molecule has 2 rings (SSSR count). The maximum Gasteiger partial charge on any atom is 0.352 e. The van der Waals surface area contributed by atoms with Crippen LogP contribution in [0.5, 0.6) is 0 Å². The molecule has 1 aliphatic heterocycles. The number of fused-ring (bicyclic) bond motifs is 1. The van der Waals surface area contributed by atoms with Crippen LogP contribution in [0.2, 0.25) is 0 Å². The predicted octanol–water partition coefficient (Wildman–Crippen LogP) is 1.12. The number of hydrogen-bond donors (Lipinski definition) is 1. The second-order valence-electron chi connectivity index (χ2n) is 3.89. The van der Waals surface area contributed by atoms with Crippen LogP contribution >= 0.6 is 0 Å². The van der Waals surface area contributed by atoms with Gasteiger partial charge in [0.1, 0.15) is 0 Å². The fraction of sp³-hybridized carbons (Fsp3) is 0.273. The predicted molar refractivity (Wildman–Crippen MR) is 59.5 cm³/mol. The summed E-state index contributed by atoms with van der Waals surface area (Å²) in [4.78, 5) is 23.5. The quantitative estimate of drug-likeness (QED) is 0.603. The number of halogens is 2. The summed E-state index contributed by atoms with van der Waals surface area (Å²) in [6.45, 7) is 0. The maximum atomic E-state index is 13.6. The lowest BCUT2D eigenvalue weighted by molar-refractivity contribution is -0.141. The average molecular weight is 256 g/mol. The van der Waals surface area contributed by atoms with E-state index in [-0.39, 0.29) is 16.9 Å². The number of nitrogens with two attached hydrogens (primary N) is 1. The van der Waals surface area contributed by atoms with E-state index in [0.717, 1.165) is 24.1 Å². The Morgan fingerprint density at radius 3 is 2.61 bits per heavy atom. The van der Waals surface area contributed by atoms with E-state index in [1.807, 2.05) is 0 Å². The molecule has 96 valence electrons. The molecule has 1 aromatic carbocycles. The zero-order valence-electron chi connectivity index (χ0n) is 9.66. The van der Waals surface area contributed by atoms with Gasteiger partial charge in [0.2, 0.25) is 0 Å². The highest BCUT2D eigenvalue weighted by atomic mass is 19.3.